The van der Waals surface area contributed by atoms with Gasteiger partial charge >= 0.3 is 0 Å². The molecule has 0 aliphatic carbocycles. The SMILES string of the molecule is C.N#Cc1cnn2cc(OC[C@H](O)CO)cc(-c3ccc(N4CCNCC4)nc3)c12. The largest absolute Gasteiger partial charge is 0.489 e. The Kier molecular flexibility index (Phi) is 6.84. The predicted octanol–water partition coefficient (Wildman–Crippen LogP) is 1.05. The van der Waals surface area contributed by atoms with Crippen LogP contribution in [-0.4, -0.2) is 70.3 Å². The average molecular weight is 410 g/mol. The quantitative estimate of drug-likeness (QED) is 0.552. The first-order chi connectivity index (χ1) is 14.2. The van der Waals surface area contributed by atoms with Crippen LogP contribution in [0.25, 0.3) is 16.6 Å². The molecule has 0 bridgehead atoms. The van der Waals surface area contributed by atoms with Gasteiger partial charge in [-0.05, 0) is 18.2 Å². The summed E-state index contributed by atoms with van der Waals surface area (Å²) >= 11 is 0. The van der Waals surface area contributed by atoms with Gasteiger partial charge in [-0.15, -0.1) is 0 Å². The molecule has 9 nitrogen and oxygen atoms in total. The molecular weight excluding hydrogens is 384 g/mol. The Bertz CT molecular complexity index is 1020. The lowest BCUT2D eigenvalue weighted by atomic mass is 10.1. The lowest BCUT2D eigenvalue weighted by Crippen LogP contribution is -2.43. The van der Waals surface area contributed by atoms with Crippen molar-refractivity contribution in [3.05, 3.63) is 42.4 Å². The van der Waals surface area contributed by atoms with E-state index < -0.39 is 6.10 Å². The zero-order valence-electron chi connectivity index (χ0n) is 15.8. The van der Waals surface area contributed by atoms with Gasteiger partial charge in [-0.3, -0.25) is 0 Å². The Morgan fingerprint density at radius 1 is 1.27 bits per heavy atom. The second kappa shape index (κ2) is 9.54. The fraction of sp³-hybridized carbons (Fsp3) is 0.381. The molecule has 3 aromatic heterocycles. The van der Waals surface area contributed by atoms with E-state index in [1.54, 1.807) is 23.0 Å². The third kappa shape index (κ3) is 4.36. The van der Waals surface area contributed by atoms with Gasteiger partial charge in [-0.2, -0.15) is 10.4 Å². The third-order valence-corrected chi connectivity index (χ3v) is 4.86. The lowest BCUT2D eigenvalue weighted by Gasteiger charge is -2.28. The van der Waals surface area contributed by atoms with Crippen LogP contribution in [0.2, 0.25) is 0 Å². The molecule has 1 aliphatic heterocycles. The number of hydrogen-bond donors (Lipinski definition) is 3. The van der Waals surface area contributed by atoms with Gasteiger partial charge in [0.05, 0.1) is 30.1 Å². The summed E-state index contributed by atoms with van der Waals surface area (Å²) in [6, 6.07) is 7.91. The molecule has 0 aromatic carbocycles. The molecule has 158 valence electrons. The van der Waals surface area contributed by atoms with Crippen molar-refractivity contribution in [2.45, 2.75) is 13.5 Å². The maximum absolute atomic E-state index is 9.56. The number of aliphatic hydroxyl groups is 2. The van der Waals surface area contributed by atoms with Crippen LogP contribution < -0.4 is 15.0 Å². The van der Waals surface area contributed by atoms with Gasteiger partial charge in [0.15, 0.2) is 0 Å². The standard InChI is InChI=1S/C20H22N6O3.CH4/c21-8-15-10-24-26-11-17(29-13-16(28)12-27)7-18(20(15)26)14-1-2-19(23-9-14)25-5-3-22-4-6-25;/h1-2,7,9-11,16,22,27-28H,3-6,12-13H2;1H4/t16-;/m1./s1. The van der Waals surface area contributed by atoms with E-state index in [1.165, 1.54) is 6.20 Å². The number of ether oxygens (including phenoxy) is 1. The highest BCUT2D eigenvalue weighted by atomic mass is 16.5. The third-order valence-electron chi connectivity index (χ3n) is 4.86. The van der Waals surface area contributed by atoms with Crippen molar-refractivity contribution in [2.75, 3.05) is 44.3 Å². The Balaban J connectivity index is 0.00000256. The van der Waals surface area contributed by atoms with Crippen molar-refractivity contribution < 1.29 is 14.9 Å². The summed E-state index contributed by atoms with van der Waals surface area (Å²) in [4.78, 5) is 6.84. The van der Waals surface area contributed by atoms with Crippen molar-refractivity contribution in [1.82, 2.24) is 19.9 Å². The molecule has 0 saturated carbocycles. The predicted molar refractivity (Wildman–Crippen MR) is 114 cm³/mol. The average Bonchev–Trinajstić information content (AvgIpc) is 3.20. The molecule has 0 amide bonds. The molecule has 3 N–H and O–H groups in total. The van der Waals surface area contributed by atoms with Crippen LogP contribution in [0.3, 0.4) is 0 Å². The van der Waals surface area contributed by atoms with E-state index in [1.807, 2.05) is 12.1 Å². The molecule has 0 spiro atoms. The molecule has 1 aliphatic rings. The summed E-state index contributed by atoms with van der Waals surface area (Å²) < 4.78 is 7.18. The summed E-state index contributed by atoms with van der Waals surface area (Å²) in [7, 11) is 0. The van der Waals surface area contributed by atoms with E-state index >= 15 is 0 Å². The van der Waals surface area contributed by atoms with Crippen molar-refractivity contribution in [3.63, 3.8) is 0 Å². The van der Waals surface area contributed by atoms with Gasteiger partial charge in [-0.1, -0.05) is 7.43 Å². The molecule has 4 heterocycles. The van der Waals surface area contributed by atoms with Crippen molar-refractivity contribution in [2.24, 2.45) is 0 Å². The molecule has 3 aromatic rings. The van der Waals surface area contributed by atoms with Crippen LogP contribution >= 0.6 is 0 Å². The molecule has 4 rings (SSSR count). The maximum atomic E-state index is 9.56. The summed E-state index contributed by atoms with van der Waals surface area (Å²) in [6.45, 7) is 3.26. The minimum Gasteiger partial charge on any atom is -0.489 e. The van der Waals surface area contributed by atoms with Crippen molar-refractivity contribution in [1.29, 1.82) is 5.26 Å². The molecular formula is C21H26N6O3. The van der Waals surface area contributed by atoms with Crippen LogP contribution in [-0.2, 0) is 0 Å². The van der Waals surface area contributed by atoms with Gasteiger partial charge in [0, 0.05) is 43.5 Å². The Hall–Kier alpha value is -3.19. The Morgan fingerprint density at radius 3 is 2.73 bits per heavy atom. The first kappa shape index (κ1) is 21.5. The zero-order chi connectivity index (χ0) is 20.2. The number of nitrogens with one attached hydrogen (secondary N) is 1. The molecule has 1 saturated heterocycles. The highest BCUT2D eigenvalue weighted by Crippen LogP contribution is 2.31. The maximum Gasteiger partial charge on any atom is 0.138 e. The number of pyridine rings is 2. The number of anilines is 1. The second-order valence-corrected chi connectivity index (χ2v) is 6.84. The van der Waals surface area contributed by atoms with Crippen LogP contribution in [0, 0.1) is 11.3 Å². The molecule has 1 fully saturated rings. The zero-order valence-corrected chi connectivity index (χ0v) is 15.8. The minimum atomic E-state index is -0.971. The van der Waals surface area contributed by atoms with Crippen LogP contribution in [0.4, 0.5) is 5.82 Å². The van der Waals surface area contributed by atoms with Crippen LogP contribution in [0.15, 0.2) is 36.8 Å². The normalized spacial score (nSPS) is 14.8. The van der Waals surface area contributed by atoms with Gasteiger partial charge in [-0.25, -0.2) is 9.50 Å². The van der Waals surface area contributed by atoms with Gasteiger partial charge in [0.1, 0.15) is 30.3 Å². The van der Waals surface area contributed by atoms with E-state index in [4.69, 9.17) is 9.84 Å². The van der Waals surface area contributed by atoms with Gasteiger partial charge in [0.25, 0.3) is 0 Å². The summed E-state index contributed by atoms with van der Waals surface area (Å²) in [5.74, 6) is 1.39. The van der Waals surface area contributed by atoms with Gasteiger partial charge in [0.2, 0.25) is 0 Å². The van der Waals surface area contributed by atoms with E-state index in [-0.39, 0.29) is 20.6 Å². The lowest BCUT2D eigenvalue weighted by molar-refractivity contribution is 0.0534. The fourth-order valence-electron chi connectivity index (χ4n) is 3.35. The fourth-order valence-corrected chi connectivity index (χ4v) is 3.35. The second-order valence-electron chi connectivity index (χ2n) is 6.84. The highest BCUT2D eigenvalue weighted by molar-refractivity contribution is 5.85. The van der Waals surface area contributed by atoms with Crippen molar-refractivity contribution >= 4 is 11.3 Å². The molecule has 0 radical (unpaired) electrons. The number of nitriles is 1. The first-order valence-corrected chi connectivity index (χ1v) is 9.45. The van der Waals surface area contributed by atoms with Crippen LogP contribution in [0.5, 0.6) is 5.75 Å². The van der Waals surface area contributed by atoms with Gasteiger partial charge < -0.3 is 25.2 Å². The first-order valence-electron chi connectivity index (χ1n) is 9.45. The van der Waals surface area contributed by atoms with E-state index in [2.05, 4.69) is 26.4 Å². The van der Waals surface area contributed by atoms with E-state index in [0.717, 1.165) is 43.1 Å². The monoisotopic (exact) mass is 410 g/mol. The van der Waals surface area contributed by atoms with Crippen molar-refractivity contribution in [3.8, 4) is 22.9 Å². The number of aromatic nitrogens is 3. The molecule has 9 heteroatoms. The number of aliphatic hydroxyl groups excluding tert-OH is 2. The summed E-state index contributed by atoms with van der Waals surface area (Å²) in [5, 5.41) is 35.6. The number of hydrogen-bond acceptors (Lipinski definition) is 8. The number of rotatable bonds is 6. The number of piperazine rings is 1. The Morgan fingerprint density at radius 2 is 2.07 bits per heavy atom. The number of nitrogens with zero attached hydrogens (tertiary/aromatic N) is 5. The topological polar surface area (TPSA) is 119 Å². The van der Waals surface area contributed by atoms with E-state index in [0.29, 0.717) is 16.8 Å². The van der Waals surface area contributed by atoms with E-state index in [9.17, 15) is 10.4 Å². The summed E-state index contributed by atoms with van der Waals surface area (Å²) in [5.41, 5.74) is 2.71. The smallest absolute Gasteiger partial charge is 0.138 e. The molecule has 1 atom stereocenters. The minimum absolute atomic E-state index is 0. The Labute approximate surface area is 175 Å². The number of fused-ring (bicyclic) bond motifs is 1. The molecule has 30 heavy (non-hydrogen) atoms. The molecule has 0 unspecified atom stereocenters. The highest BCUT2D eigenvalue weighted by Gasteiger charge is 2.16. The summed E-state index contributed by atoms with van der Waals surface area (Å²) in [6.07, 6.45) is 3.97. The van der Waals surface area contributed by atoms with Crippen LogP contribution in [0.1, 0.15) is 13.0 Å².